The van der Waals surface area contributed by atoms with Gasteiger partial charge >= 0.3 is 5.97 Å². The Morgan fingerprint density at radius 1 is 1.27 bits per heavy atom. The summed E-state index contributed by atoms with van der Waals surface area (Å²) in [5, 5.41) is 10.1. The molecule has 3 saturated heterocycles. The van der Waals surface area contributed by atoms with Crippen LogP contribution < -0.4 is 0 Å². The van der Waals surface area contributed by atoms with Gasteiger partial charge in [0.25, 0.3) is 0 Å². The van der Waals surface area contributed by atoms with Gasteiger partial charge in [0.15, 0.2) is 0 Å². The third-order valence-corrected chi connectivity index (χ3v) is 6.91. The first-order valence-corrected chi connectivity index (χ1v) is 9.67. The first-order chi connectivity index (χ1) is 12.4. The summed E-state index contributed by atoms with van der Waals surface area (Å²) < 4.78 is 7.60. The molecular weight excluding hydrogens is 332 g/mol. The lowest BCUT2D eigenvalue weighted by atomic mass is 9.81. The normalized spacial score (nSPS) is 30.8. The quantitative estimate of drug-likeness (QED) is 0.863. The Labute approximate surface area is 154 Å². The molecule has 0 amide bonds. The minimum atomic E-state index is -0.633. The molecule has 7 nitrogen and oxygen atoms in total. The van der Waals surface area contributed by atoms with Gasteiger partial charge < -0.3 is 14.4 Å². The van der Waals surface area contributed by atoms with Crippen LogP contribution in [0, 0.1) is 25.2 Å². The highest BCUT2D eigenvalue weighted by Crippen LogP contribution is 2.44. The lowest BCUT2D eigenvalue weighted by molar-refractivity contribution is -0.149. The highest BCUT2D eigenvalue weighted by molar-refractivity contribution is 5.77. The molecule has 0 unspecified atom stereocenters. The lowest BCUT2D eigenvalue weighted by Crippen LogP contribution is -2.44. The van der Waals surface area contributed by atoms with Crippen LogP contribution in [-0.2, 0) is 23.1 Å². The first kappa shape index (κ1) is 17.9. The molecule has 3 aliphatic rings. The van der Waals surface area contributed by atoms with Crippen LogP contribution in [0.1, 0.15) is 30.1 Å². The molecule has 0 saturated carbocycles. The molecule has 1 aromatic rings. The number of fused-ring (bicyclic) bond motifs is 1. The summed E-state index contributed by atoms with van der Waals surface area (Å²) in [4.78, 5) is 21.6. The first-order valence-electron chi connectivity index (χ1n) is 9.67. The highest BCUT2D eigenvalue weighted by Gasteiger charge is 2.58. The second kappa shape index (κ2) is 6.62. The van der Waals surface area contributed by atoms with E-state index in [-0.39, 0.29) is 5.92 Å². The summed E-state index contributed by atoms with van der Waals surface area (Å²) in [6.45, 7) is 9.48. The van der Waals surface area contributed by atoms with E-state index in [4.69, 9.17) is 4.74 Å². The van der Waals surface area contributed by atoms with Gasteiger partial charge in [-0.1, -0.05) is 0 Å². The van der Waals surface area contributed by atoms with E-state index in [9.17, 15) is 9.90 Å². The number of imidazole rings is 1. The largest absolute Gasteiger partial charge is 0.481 e. The van der Waals surface area contributed by atoms with E-state index in [1.165, 1.54) is 5.69 Å². The van der Waals surface area contributed by atoms with E-state index >= 15 is 0 Å². The molecule has 0 radical (unpaired) electrons. The number of aryl methyl sites for hydroxylation is 1. The Hall–Kier alpha value is -1.44. The third kappa shape index (κ3) is 2.86. The number of ether oxygens (including phenoxy) is 1. The van der Waals surface area contributed by atoms with Crippen LogP contribution in [0.5, 0.6) is 0 Å². The number of hydrogen-bond donors (Lipinski definition) is 1. The molecule has 2 atom stereocenters. The van der Waals surface area contributed by atoms with E-state index < -0.39 is 11.4 Å². The van der Waals surface area contributed by atoms with E-state index in [1.54, 1.807) is 0 Å². The van der Waals surface area contributed by atoms with Gasteiger partial charge in [-0.2, -0.15) is 0 Å². The van der Waals surface area contributed by atoms with Crippen molar-refractivity contribution < 1.29 is 14.6 Å². The fourth-order valence-electron chi connectivity index (χ4n) is 5.09. The van der Waals surface area contributed by atoms with Crippen molar-refractivity contribution in [1.82, 2.24) is 19.4 Å². The minimum Gasteiger partial charge on any atom is -0.481 e. The van der Waals surface area contributed by atoms with Crippen LogP contribution in [0.15, 0.2) is 0 Å². The number of rotatable bonds is 4. The molecule has 4 heterocycles. The molecule has 7 heteroatoms. The monoisotopic (exact) mass is 362 g/mol. The van der Waals surface area contributed by atoms with Crippen molar-refractivity contribution in [2.45, 2.75) is 39.3 Å². The Bertz CT molecular complexity index is 697. The van der Waals surface area contributed by atoms with Gasteiger partial charge in [-0.05, 0) is 26.7 Å². The van der Waals surface area contributed by atoms with Gasteiger partial charge in [-0.15, -0.1) is 0 Å². The molecule has 0 aliphatic carbocycles. The average Bonchev–Trinajstić information content (AvgIpc) is 3.22. The van der Waals surface area contributed by atoms with Gasteiger partial charge in [0.05, 0.1) is 17.7 Å². The zero-order valence-corrected chi connectivity index (χ0v) is 16.1. The number of carboxylic acids is 1. The van der Waals surface area contributed by atoms with Gasteiger partial charge in [0.2, 0.25) is 0 Å². The van der Waals surface area contributed by atoms with Crippen molar-refractivity contribution in [3.63, 3.8) is 0 Å². The molecule has 1 N–H and O–H groups in total. The lowest BCUT2D eigenvalue weighted by Gasteiger charge is -2.33. The van der Waals surface area contributed by atoms with Crippen LogP contribution in [0.2, 0.25) is 0 Å². The van der Waals surface area contributed by atoms with Crippen molar-refractivity contribution in [2.75, 3.05) is 39.4 Å². The maximum absolute atomic E-state index is 12.3. The Balaban J connectivity index is 1.48. The molecule has 26 heavy (non-hydrogen) atoms. The number of aromatic nitrogens is 2. The van der Waals surface area contributed by atoms with Gasteiger partial charge in [0, 0.05) is 64.1 Å². The molecule has 1 aromatic heterocycles. The van der Waals surface area contributed by atoms with Crippen molar-refractivity contribution >= 4 is 5.97 Å². The van der Waals surface area contributed by atoms with Gasteiger partial charge in [0.1, 0.15) is 5.82 Å². The standard InChI is InChI=1S/C19H30N4O3/c1-13-14(2)21(3)17(20-13)10-22-8-15-9-23(16-4-6-26-7-5-16)12-19(15,11-22)18(24)25/h15-16H,4-12H2,1-3H3,(H,24,25)/t15-,19-/m0/s1. The molecule has 0 bridgehead atoms. The maximum atomic E-state index is 12.3. The van der Waals surface area contributed by atoms with Crippen molar-refractivity contribution in [3.8, 4) is 0 Å². The summed E-state index contributed by atoms with van der Waals surface area (Å²) in [7, 11) is 2.04. The molecule has 144 valence electrons. The zero-order valence-electron chi connectivity index (χ0n) is 16.1. The molecule has 3 fully saturated rings. The summed E-state index contributed by atoms with van der Waals surface area (Å²) in [5.74, 6) is 0.596. The predicted molar refractivity (Wildman–Crippen MR) is 96.9 cm³/mol. The molecular formula is C19H30N4O3. The molecule has 0 aromatic carbocycles. The fourth-order valence-corrected chi connectivity index (χ4v) is 5.09. The molecule has 4 rings (SSSR count). The fraction of sp³-hybridized carbons (Fsp3) is 0.789. The topological polar surface area (TPSA) is 70.8 Å². The van der Waals surface area contributed by atoms with Crippen molar-refractivity contribution in [3.05, 3.63) is 17.2 Å². The van der Waals surface area contributed by atoms with Crippen LogP contribution >= 0.6 is 0 Å². The van der Waals surface area contributed by atoms with Crippen LogP contribution in [0.25, 0.3) is 0 Å². The predicted octanol–water partition coefficient (Wildman–Crippen LogP) is 1.03. The Kier molecular flexibility index (Phi) is 4.57. The van der Waals surface area contributed by atoms with Crippen molar-refractivity contribution in [1.29, 1.82) is 0 Å². The molecule has 0 spiro atoms. The van der Waals surface area contributed by atoms with Crippen LogP contribution in [0.3, 0.4) is 0 Å². The summed E-state index contributed by atoms with van der Waals surface area (Å²) >= 11 is 0. The van der Waals surface area contributed by atoms with E-state index in [2.05, 4.69) is 26.3 Å². The summed E-state index contributed by atoms with van der Waals surface area (Å²) in [6, 6.07) is 0.485. The number of likely N-dealkylation sites (tertiary alicyclic amines) is 2. The number of aliphatic carboxylic acids is 1. The van der Waals surface area contributed by atoms with Crippen LogP contribution in [-0.4, -0.2) is 75.9 Å². The van der Waals surface area contributed by atoms with Gasteiger partial charge in [-0.3, -0.25) is 14.6 Å². The zero-order chi connectivity index (χ0) is 18.5. The maximum Gasteiger partial charge on any atom is 0.312 e. The number of carboxylic acid groups (broad SMARTS) is 1. The number of carbonyl (C=O) groups is 1. The third-order valence-electron chi connectivity index (χ3n) is 6.91. The SMILES string of the molecule is Cc1nc(CN2C[C@H]3CN(C4CCOCC4)C[C@@]3(C(=O)O)C2)n(C)c1C. The number of hydrogen-bond acceptors (Lipinski definition) is 5. The number of nitrogens with zero attached hydrogens (tertiary/aromatic N) is 4. The minimum absolute atomic E-state index is 0.199. The second-order valence-corrected chi connectivity index (χ2v) is 8.36. The van der Waals surface area contributed by atoms with Crippen molar-refractivity contribution in [2.24, 2.45) is 18.4 Å². The van der Waals surface area contributed by atoms with E-state index in [0.717, 1.165) is 57.2 Å². The van der Waals surface area contributed by atoms with E-state index in [0.29, 0.717) is 19.1 Å². The molecule has 3 aliphatic heterocycles. The Morgan fingerprint density at radius 2 is 2.00 bits per heavy atom. The summed E-state index contributed by atoms with van der Waals surface area (Å²) in [5.41, 5.74) is 1.60. The van der Waals surface area contributed by atoms with Crippen LogP contribution in [0.4, 0.5) is 0 Å². The highest BCUT2D eigenvalue weighted by atomic mass is 16.5. The second-order valence-electron chi connectivity index (χ2n) is 8.36. The van der Waals surface area contributed by atoms with Gasteiger partial charge in [-0.25, -0.2) is 4.98 Å². The Morgan fingerprint density at radius 3 is 2.58 bits per heavy atom. The summed E-state index contributed by atoms with van der Waals surface area (Å²) in [6.07, 6.45) is 2.05. The van der Waals surface area contributed by atoms with E-state index in [1.807, 2.05) is 14.0 Å². The smallest absolute Gasteiger partial charge is 0.312 e. The average molecular weight is 362 g/mol.